The summed E-state index contributed by atoms with van der Waals surface area (Å²) in [6, 6.07) is 13.1. The van der Waals surface area contributed by atoms with Gasteiger partial charge in [0, 0.05) is 19.2 Å². The molecular formula is C20H21BN6O4. The molecule has 0 saturated carbocycles. The summed E-state index contributed by atoms with van der Waals surface area (Å²) >= 11 is 0. The van der Waals surface area contributed by atoms with Crippen molar-refractivity contribution in [3.05, 3.63) is 59.9 Å². The van der Waals surface area contributed by atoms with E-state index >= 15 is 0 Å². The van der Waals surface area contributed by atoms with Crippen LogP contribution in [0.5, 0.6) is 6.01 Å². The number of imidazole rings is 1. The highest BCUT2D eigenvalue weighted by Gasteiger charge is 2.18. The topological polar surface area (TPSA) is 127 Å². The van der Waals surface area contributed by atoms with Crippen molar-refractivity contribution < 1.29 is 19.5 Å². The molecule has 2 aromatic carbocycles. The summed E-state index contributed by atoms with van der Waals surface area (Å²) < 4.78 is 12.4. The highest BCUT2D eigenvalue weighted by atomic mass is 16.5. The molecule has 0 saturated heterocycles. The lowest BCUT2D eigenvalue weighted by Crippen LogP contribution is -2.30. The van der Waals surface area contributed by atoms with E-state index in [0.29, 0.717) is 36.5 Å². The second kappa shape index (κ2) is 9.08. The number of para-hydroxylation sites is 1. The van der Waals surface area contributed by atoms with Gasteiger partial charge < -0.3 is 24.8 Å². The summed E-state index contributed by atoms with van der Waals surface area (Å²) in [5, 5.41) is 21.8. The van der Waals surface area contributed by atoms with Crippen LogP contribution in [0, 0.1) is 0 Å². The maximum Gasteiger partial charge on any atom is 0.488 e. The van der Waals surface area contributed by atoms with Gasteiger partial charge in [0.2, 0.25) is 11.9 Å². The van der Waals surface area contributed by atoms with Crippen LogP contribution in [-0.4, -0.2) is 55.9 Å². The molecule has 0 aliphatic rings. The second-order valence-corrected chi connectivity index (χ2v) is 6.73. The van der Waals surface area contributed by atoms with E-state index in [2.05, 4.69) is 25.3 Å². The van der Waals surface area contributed by atoms with Gasteiger partial charge >= 0.3 is 13.1 Å². The van der Waals surface area contributed by atoms with E-state index in [4.69, 9.17) is 9.47 Å². The number of rotatable bonds is 8. The van der Waals surface area contributed by atoms with Gasteiger partial charge in [-0.15, -0.1) is 0 Å². The molecule has 0 bridgehead atoms. The number of ether oxygens (including phenoxy) is 2. The van der Waals surface area contributed by atoms with E-state index in [0.717, 1.165) is 22.2 Å². The molecule has 0 aliphatic carbocycles. The normalized spacial score (nSPS) is 11.0. The lowest BCUT2D eigenvalue weighted by molar-refractivity contribution is 0.186. The Labute approximate surface area is 178 Å². The zero-order chi connectivity index (χ0) is 21.8. The predicted molar refractivity (Wildman–Crippen MR) is 115 cm³/mol. The van der Waals surface area contributed by atoms with Crippen molar-refractivity contribution in [1.29, 1.82) is 0 Å². The first-order valence-corrected chi connectivity index (χ1v) is 9.52. The number of nitrogens with one attached hydrogen (secondary N) is 1. The van der Waals surface area contributed by atoms with Gasteiger partial charge in [-0.05, 0) is 17.1 Å². The molecule has 0 radical (unpaired) electrons. The number of methoxy groups -OCH3 is 2. The van der Waals surface area contributed by atoms with Crippen LogP contribution < -0.4 is 15.5 Å². The molecule has 31 heavy (non-hydrogen) atoms. The van der Waals surface area contributed by atoms with Crippen LogP contribution in [0.4, 0.5) is 5.95 Å². The predicted octanol–water partition coefficient (Wildman–Crippen LogP) is 0.657. The Hall–Kier alpha value is -3.54. The molecule has 10 nitrogen and oxygen atoms in total. The molecule has 0 unspecified atom stereocenters. The minimum absolute atomic E-state index is 0.348. The number of benzene rings is 2. The van der Waals surface area contributed by atoms with Crippen molar-refractivity contribution in [3.63, 3.8) is 0 Å². The molecule has 0 amide bonds. The molecule has 4 rings (SSSR count). The minimum Gasteiger partial charge on any atom is -0.468 e. The van der Waals surface area contributed by atoms with Crippen LogP contribution in [0.1, 0.15) is 11.1 Å². The highest BCUT2D eigenvalue weighted by molar-refractivity contribution is 6.58. The maximum atomic E-state index is 9.34. The van der Waals surface area contributed by atoms with Gasteiger partial charge in [-0.25, -0.2) is 14.5 Å². The Morgan fingerprint density at radius 3 is 2.68 bits per heavy atom. The summed E-state index contributed by atoms with van der Waals surface area (Å²) in [7, 11) is 1.65. The van der Waals surface area contributed by atoms with Gasteiger partial charge in [0.15, 0.2) is 0 Å². The second-order valence-electron chi connectivity index (χ2n) is 6.73. The van der Waals surface area contributed by atoms with Gasteiger partial charge in [-0.2, -0.15) is 9.97 Å². The molecular weight excluding hydrogens is 399 g/mol. The largest absolute Gasteiger partial charge is 0.488 e. The average Bonchev–Trinajstić information content (AvgIpc) is 3.18. The van der Waals surface area contributed by atoms with Crippen LogP contribution in [0.3, 0.4) is 0 Å². The Balaban J connectivity index is 1.65. The third-order valence-corrected chi connectivity index (χ3v) is 4.68. The van der Waals surface area contributed by atoms with Gasteiger partial charge in [0.05, 0.1) is 24.8 Å². The fourth-order valence-electron chi connectivity index (χ4n) is 3.26. The van der Waals surface area contributed by atoms with E-state index in [-0.39, 0.29) is 0 Å². The third-order valence-electron chi connectivity index (χ3n) is 4.68. The van der Waals surface area contributed by atoms with E-state index in [1.807, 2.05) is 24.3 Å². The molecule has 0 atom stereocenters. The fraction of sp³-hybridized carbons (Fsp3) is 0.200. The van der Waals surface area contributed by atoms with Crippen molar-refractivity contribution >= 4 is 29.6 Å². The molecule has 2 heterocycles. The van der Waals surface area contributed by atoms with Gasteiger partial charge in [-0.3, -0.25) is 0 Å². The smallest absolute Gasteiger partial charge is 0.468 e. The quantitative estimate of drug-likeness (QED) is 0.352. The average molecular weight is 420 g/mol. The van der Waals surface area contributed by atoms with Crippen molar-refractivity contribution in [1.82, 2.24) is 24.5 Å². The van der Waals surface area contributed by atoms with E-state index < -0.39 is 7.12 Å². The number of hydrogen-bond acceptors (Lipinski definition) is 9. The van der Waals surface area contributed by atoms with Crippen molar-refractivity contribution in [2.45, 2.75) is 13.2 Å². The third kappa shape index (κ3) is 4.33. The van der Waals surface area contributed by atoms with Crippen LogP contribution >= 0.6 is 0 Å². The first-order chi connectivity index (χ1) is 15.1. The molecule has 158 valence electrons. The monoisotopic (exact) mass is 420 g/mol. The molecule has 2 aromatic heterocycles. The summed E-state index contributed by atoms with van der Waals surface area (Å²) in [5.41, 5.74) is 3.72. The van der Waals surface area contributed by atoms with Crippen LogP contribution in [0.2, 0.25) is 0 Å². The summed E-state index contributed by atoms with van der Waals surface area (Å²) in [5.74, 6) is 0.711. The molecule has 4 aromatic rings. The van der Waals surface area contributed by atoms with E-state index in [1.165, 1.54) is 13.4 Å². The minimum atomic E-state index is -1.52. The van der Waals surface area contributed by atoms with Gasteiger partial charge in [-0.1, -0.05) is 36.4 Å². The van der Waals surface area contributed by atoms with E-state index in [1.54, 1.807) is 29.9 Å². The standard InChI is InChI=1S/C20H21BN6O4/c1-30-11-14-6-4-8-16-17(14)25-20(31-2)27(16)19-24-12-23-18(26-19)22-10-13-5-3-7-15(9-13)21(28)29/h3-9,12,28-29H,10-11H2,1-2H3,(H,22,23,24,26). The molecule has 0 spiro atoms. The van der Waals surface area contributed by atoms with Crippen molar-refractivity contribution in [2.24, 2.45) is 0 Å². The van der Waals surface area contributed by atoms with Gasteiger partial charge in [0.1, 0.15) is 6.33 Å². The first kappa shape index (κ1) is 20.7. The summed E-state index contributed by atoms with van der Waals surface area (Å²) in [4.78, 5) is 17.5. The van der Waals surface area contributed by atoms with Crippen LogP contribution in [0.25, 0.3) is 17.0 Å². The Kier molecular flexibility index (Phi) is 6.07. The zero-order valence-corrected chi connectivity index (χ0v) is 17.1. The molecule has 11 heteroatoms. The van der Waals surface area contributed by atoms with Gasteiger partial charge in [0.25, 0.3) is 0 Å². The zero-order valence-electron chi connectivity index (χ0n) is 17.1. The lowest BCUT2D eigenvalue weighted by atomic mass is 9.80. The number of hydrogen-bond donors (Lipinski definition) is 3. The number of nitrogens with zero attached hydrogens (tertiary/aromatic N) is 5. The Morgan fingerprint density at radius 2 is 1.90 bits per heavy atom. The van der Waals surface area contributed by atoms with Crippen molar-refractivity contribution in [3.8, 4) is 12.0 Å². The number of anilines is 1. The first-order valence-electron chi connectivity index (χ1n) is 9.52. The molecule has 0 aliphatic heterocycles. The Morgan fingerprint density at radius 1 is 1.06 bits per heavy atom. The van der Waals surface area contributed by atoms with Crippen LogP contribution in [-0.2, 0) is 17.9 Å². The number of aromatic nitrogens is 5. The van der Waals surface area contributed by atoms with Crippen molar-refractivity contribution in [2.75, 3.05) is 19.5 Å². The SMILES string of the molecule is COCc1cccc2c1nc(OC)n2-c1ncnc(NCc2cccc(B(O)O)c2)n1. The van der Waals surface area contributed by atoms with E-state index in [9.17, 15) is 10.0 Å². The molecule has 0 fully saturated rings. The fourth-order valence-corrected chi connectivity index (χ4v) is 3.26. The highest BCUT2D eigenvalue weighted by Crippen LogP contribution is 2.27. The maximum absolute atomic E-state index is 9.34. The number of fused-ring (bicyclic) bond motifs is 1. The van der Waals surface area contributed by atoms with Crippen LogP contribution in [0.15, 0.2) is 48.8 Å². The molecule has 3 N–H and O–H groups in total. The Bertz CT molecular complexity index is 1200. The summed E-state index contributed by atoms with van der Waals surface area (Å²) in [6.07, 6.45) is 1.41. The lowest BCUT2D eigenvalue weighted by Gasteiger charge is -2.09. The summed E-state index contributed by atoms with van der Waals surface area (Å²) in [6.45, 7) is 0.812.